The lowest BCUT2D eigenvalue weighted by Crippen LogP contribution is -2.43. The zero-order valence-electron chi connectivity index (χ0n) is 13.5. The number of aryl methyl sites for hydroxylation is 1. The second-order valence-electron chi connectivity index (χ2n) is 6.05. The van der Waals surface area contributed by atoms with Crippen LogP contribution in [0.15, 0.2) is 23.9 Å². The molecule has 4 heterocycles. The summed E-state index contributed by atoms with van der Waals surface area (Å²) in [7, 11) is -3.82. The fourth-order valence-electron chi connectivity index (χ4n) is 3.24. The Morgan fingerprint density at radius 1 is 1.38 bits per heavy atom. The molecule has 0 N–H and O–H groups in total. The number of rotatable bonds is 2. The van der Waals surface area contributed by atoms with E-state index >= 15 is 0 Å². The first kappa shape index (κ1) is 18.9. The van der Waals surface area contributed by atoms with Crippen molar-refractivity contribution in [2.45, 2.75) is 45.9 Å². The summed E-state index contributed by atoms with van der Waals surface area (Å²) in [5.41, 5.74) is 0. The molecule has 0 saturated carbocycles. The van der Waals surface area contributed by atoms with Gasteiger partial charge in [-0.3, -0.25) is 9.30 Å². The Labute approximate surface area is 156 Å². The summed E-state index contributed by atoms with van der Waals surface area (Å²) in [5.74, 6) is 0.907. The first-order chi connectivity index (χ1) is 11.9. The fraction of sp³-hybridized carbons (Fsp3) is 0.500. The molecule has 2 atom stereocenters. The van der Waals surface area contributed by atoms with Gasteiger partial charge in [0.05, 0.1) is 11.6 Å². The van der Waals surface area contributed by atoms with Crippen LogP contribution in [0.2, 0.25) is 0 Å². The maximum absolute atomic E-state index is 12.4. The number of carbonyl (C=O) groups excluding carboxylic acids is 1. The number of hydrogen-bond donors (Lipinski definition) is 0. The molecule has 2 aliphatic rings. The van der Waals surface area contributed by atoms with Crippen molar-refractivity contribution in [3.8, 4) is 0 Å². The molecular weight excluding hydrogens is 378 g/mol. The smallest absolute Gasteiger partial charge is 0.412 e. The van der Waals surface area contributed by atoms with E-state index in [1.807, 2.05) is 23.7 Å². The SMILES string of the molecule is C.Cc1ncc2sc(C[C@@H]3CCC4OS(=O)(=O)C=CCOC(=O)N43)cn12. The highest BCUT2D eigenvalue weighted by Gasteiger charge is 2.41. The van der Waals surface area contributed by atoms with Crippen molar-refractivity contribution in [2.24, 2.45) is 0 Å². The highest BCUT2D eigenvalue weighted by Crippen LogP contribution is 2.32. The number of nitrogens with zero attached hydrogens (tertiary/aromatic N) is 3. The van der Waals surface area contributed by atoms with E-state index in [-0.39, 0.29) is 20.1 Å². The van der Waals surface area contributed by atoms with Gasteiger partial charge >= 0.3 is 6.09 Å². The molecule has 1 fully saturated rings. The number of ether oxygens (including phenoxy) is 1. The van der Waals surface area contributed by atoms with Gasteiger partial charge in [0.2, 0.25) is 0 Å². The van der Waals surface area contributed by atoms with Gasteiger partial charge in [-0.15, -0.1) is 11.3 Å². The molecule has 2 aromatic rings. The average molecular weight is 399 g/mol. The first-order valence-corrected chi connectivity index (χ1v) is 10.2. The van der Waals surface area contributed by atoms with Crippen molar-refractivity contribution in [1.29, 1.82) is 0 Å². The molecule has 1 unspecified atom stereocenters. The molecule has 4 rings (SSSR count). The van der Waals surface area contributed by atoms with E-state index in [1.165, 1.54) is 11.0 Å². The van der Waals surface area contributed by atoms with Gasteiger partial charge in [-0.1, -0.05) is 7.43 Å². The van der Waals surface area contributed by atoms with Crippen LogP contribution in [0.25, 0.3) is 4.83 Å². The van der Waals surface area contributed by atoms with Gasteiger partial charge in [-0.2, -0.15) is 8.42 Å². The number of cyclic esters (lactones) is 1. The average Bonchev–Trinajstić information content (AvgIpc) is 3.21. The molecule has 26 heavy (non-hydrogen) atoms. The second kappa shape index (κ2) is 7.01. The molecule has 0 spiro atoms. The van der Waals surface area contributed by atoms with Crippen LogP contribution in [0.4, 0.5) is 4.79 Å². The second-order valence-corrected chi connectivity index (χ2v) is 8.64. The van der Waals surface area contributed by atoms with E-state index in [4.69, 9.17) is 8.92 Å². The number of carbonyl (C=O) groups is 1. The molecule has 1 amide bonds. The van der Waals surface area contributed by atoms with Gasteiger partial charge in [0, 0.05) is 23.5 Å². The maximum atomic E-state index is 12.4. The Kier molecular flexibility index (Phi) is 5.09. The van der Waals surface area contributed by atoms with Gasteiger partial charge in [0.25, 0.3) is 10.1 Å². The van der Waals surface area contributed by atoms with E-state index in [1.54, 1.807) is 11.3 Å². The molecule has 10 heteroatoms. The summed E-state index contributed by atoms with van der Waals surface area (Å²) >= 11 is 1.61. The molecule has 0 aromatic carbocycles. The lowest BCUT2D eigenvalue weighted by atomic mass is 10.1. The molecule has 8 nitrogen and oxygen atoms in total. The summed E-state index contributed by atoms with van der Waals surface area (Å²) in [4.78, 5) is 20.2. The number of hydrogen-bond acceptors (Lipinski definition) is 7. The Bertz CT molecular complexity index is 946. The summed E-state index contributed by atoms with van der Waals surface area (Å²) in [5, 5.41) is 0.940. The third-order valence-corrected chi connectivity index (χ3v) is 6.43. The topological polar surface area (TPSA) is 90.2 Å². The van der Waals surface area contributed by atoms with Crippen LogP contribution in [0.3, 0.4) is 0 Å². The highest BCUT2D eigenvalue weighted by atomic mass is 32.2. The minimum Gasteiger partial charge on any atom is -0.445 e. The van der Waals surface area contributed by atoms with Crippen molar-refractivity contribution in [3.05, 3.63) is 34.6 Å². The lowest BCUT2D eigenvalue weighted by molar-refractivity contribution is 0.0330. The number of amides is 1. The first-order valence-electron chi connectivity index (χ1n) is 7.90. The van der Waals surface area contributed by atoms with Gasteiger partial charge in [0.15, 0.2) is 6.23 Å². The van der Waals surface area contributed by atoms with Crippen molar-refractivity contribution >= 4 is 32.4 Å². The quantitative estimate of drug-likeness (QED) is 0.721. The van der Waals surface area contributed by atoms with E-state index in [9.17, 15) is 13.2 Å². The van der Waals surface area contributed by atoms with Crippen LogP contribution >= 0.6 is 11.3 Å². The van der Waals surface area contributed by atoms with E-state index < -0.39 is 22.4 Å². The van der Waals surface area contributed by atoms with Crippen molar-refractivity contribution in [1.82, 2.24) is 14.3 Å². The summed E-state index contributed by atoms with van der Waals surface area (Å²) < 4.78 is 36.1. The summed E-state index contributed by atoms with van der Waals surface area (Å²) in [6.45, 7) is 1.84. The molecule has 0 bridgehead atoms. The van der Waals surface area contributed by atoms with E-state index in [0.717, 1.165) is 20.9 Å². The summed E-state index contributed by atoms with van der Waals surface area (Å²) in [6.07, 6.45) is 5.46. The standard InChI is InChI=1S/C15H17N3O5S2.CH4/c1-10-16-8-14-17(10)9-12(24-14)7-11-3-4-13-18(11)15(19)22-5-2-6-25(20,21)23-13;/h2,6,8-9,11,13H,3-5,7H2,1H3;1H4/t11-,13?;/m0./s1. The zero-order valence-corrected chi connectivity index (χ0v) is 15.1. The van der Waals surface area contributed by atoms with Crippen LogP contribution in [-0.4, -0.2) is 47.7 Å². The Morgan fingerprint density at radius 3 is 2.96 bits per heavy atom. The molecular formula is C16H21N3O5S2. The van der Waals surface area contributed by atoms with Crippen LogP contribution in [0.5, 0.6) is 0 Å². The predicted octanol–water partition coefficient (Wildman–Crippen LogP) is 2.68. The summed E-state index contributed by atoms with van der Waals surface area (Å²) in [6, 6.07) is -0.164. The number of aromatic nitrogens is 2. The Hall–Kier alpha value is -1.91. The highest BCUT2D eigenvalue weighted by molar-refractivity contribution is 7.89. The molecule has 1 saturated heterocycles. The van der Waals surface area contributed by atoms with Crippen LogP contribution in [0.1, 0.15) is 31.0 Å². The van der Waals surface area contributed by atoms with Gasteiger partial charge < -0.3 is 4.74 Å². The zero-order chi connectivity index (χ0) is 17.6. The molecule has 0 aliphatic carbocycles. The Balaban J connectivity index is 0.00000196. The number of fused-ring (bicyclic) bond motifs is 2. The van der Waals surface area contributed by atoms with Gasteiger partial charge in [-0.25, -0.2) is 14.0 Å². The number of thiazole rings is 1. The Morgan fingerprint density at radius 2 is 2.19 bits per heavy atom. The molecule has 142 valence electrons. The normalized spacial score (nSPS) is 25.1. The van der Waals surface area contributed by atoms with Gasteiger partial charge in [-0.05, 0) is 25.8 Å². The lowest BCUT2D eigenvalue weighted by Gasteiger charge is -2.27. The van der Waals surface area contributed by atoms with E-state index in [0.29, 0.717) is 19.3 Å². The van der Waals surface area contributed by atoms with Gasteiger partial charge in [0.1, 0.15) is 17.3 Å². The molecule has 2 aromatic heterocycles. The molecule has 2 aliphatic heterocycles. The minimum absolute atomic E-state index is 0. The van der Waals surface area contributed by atoms with Crippen LogP contribution in [-0.2, 0) is 25.5 Å². The van der Waals surface area contributed by atoms with Crippen LogP contribution in [0, 0.1) is 6.92 Å². The third-order valence-electron chi connectivity index (χ3n) is 4.37. The van der Waals surface area contributed by atoms with Crippen LogP contribution < -0.4 is 0 Å². The van der Waals surface area contributed by atoms with Crippen molar-refractivity contribution < 1.29 is 22.1 Å². The maximum Gasteiger partial charge on any atom is 0.412 e. The van der Waals surface area contributed by atoms with Crippen molar-refractivity contribution in [2.75, 3.05) is 6.61 Å². The largest absolute Gasteiger partial charge is 0.445 e. The molecule has 0 radical (unpaired) electrons. The number of imidazole rings is 1. The van der Waals surface area contributed by atoms with E-state index in [2.05, 4.69) is 4.98 Å². The minimum atomic E-state index is -3.82. The van der Waals surface area contributed by atoms with Crippen molar-refractivity contribution in [3.63, 3.8) is 0 Å². The third kappa shape index (κ3) is 3.49. The predicted molar refractivity (Wildman–Crippen MR) is 97.4 cm³/mol. The fourth-order valence-corrected chi connectivity index (χ4v) is 5.21. The monoisotopic (exact) mass is 399 g/mol.